The van der Waals surface area contributed by atoms with Crippen LogP contribution in [0.5, 0.6) is 0 Å². The molecule has 19 heavy (non-hydrogen) atoms. The van der Waals surface area contributed by atoms with Crippen molar-refractivity contribution in [2.75, 3.05) is 0 Å². The maximum Gasteiger partial charge on any atom is 0.0991 e. The molecule has 0 aliphatic rings. The molecule has 1 aromatic heterocycles. The Morgan fingerprint density at radius 2 is 1.84 bits per heavy atom. The molecule has 2 heteroatoms. The van der Waals surface area contributed by atoms with Gasteiger partial charge in [0, 0.05) is 18.1 Å². The molecule has 0 spiro atoms. The molecule has 0 atom stereocenters. The number of nitrogens with zero attached hydrogens (tertiary/aromatic N) is 2. The third-order valence-electron chi connectivity index (χ3n) is 3.34. The minimum absolute atomic E-state index is 1.07. The minimum Gasteiger partial charge on any atom is -0.306 e. The Labute approximate surface area is 113 Å². The molecule has 0 saturated heterocycles. The maximum atomic E-state index is 4.06. The molecule has 0 N–H and O–H groups in total. The average molecular weight is 248 g/mol. The Bertz CT molecular complexity index is 652. The SMILES string of the molecule is CCc1cccc(-c2ccc(-n3ccnc3)cc2)c1. The van der Waals surface area contributed by atoms with Gasteiger partial charge in [0.2, 0.25) is 0 Å². The highest BCUT2D eigenvalue weighted by atomic mass is 15.0. The molecular weight excluding hydrogens is 232 g/mol. The highest BCUT2D eigenvalue weighted by Crippen LogP contribution is 2.22. The van der Waals surface area contributed by atoms with Gasteiger partial charge in [-0.1, -0.05) is 43.3 Å². The number of hydrogen-bond acceptors (Lipinski definition) is 1. The Morgan fingerprint density at radius 3 is 2.53 bits per heavy atom. The van der Waals surface area contributed by atoms with Crippen LogP contribution < -0.4 is 0 Å². The average Bonchev–Trinajstić information content (AvgIpc) is 3.02. The van der Waals surface area contributed by atoms with Crippen LogP contribution in [0.4, 0.5) is 0 Å². The van der Waals surface area contributed by atoms with Gasteiger partial charge in [-0.2, -0.15) is 0 Å². The van der Waals surface area contributed by atoms with Crippen LogP contribution in [0.1, 0.15) is 12.5 Å². The zero-order valence-electron chi connectivity index (χ0n) is 11.0. The zero-order chi connectivity index (χ0) is 13.1. The van der Waals surface area contributed by atoms with Gasteiger partial charge in [-0.3, -0.25) is 0 Å². The highest BCUT2D eigenvalue weighted by molar-refractivity contribution is 5.65. The van der Waals surface area contributed by atoms with Crippen LogP contribution >= 0.6 is 0 Å². The lowest BCUT2D eigenvalue weighted by Crippen LogP contribution is -1.89. The van der Waals surface area contributed by atoms with Crippen molar-refractivity contribution < 1.29 is 0 Å². The van der Waals surface area contributed by atoms with Crippen LogP contribution in [0.25, 0.3) is 16.8 Å². The molecule has 2 nitrogen and oxygen atoms in total. The van der Waals surface area contributed by atoms with E-state index in [-0.39, 0.29) is 0 Å². The summed E-state index contributed by atoms with van der Waals surface area (Å²) in [6.45, 7) is 2.18. The summed E-state index contributed by atoms with van der Waals surface area (Å²) in [4.78, 5) is 4.06. The minimum atomic E-state index is 1.07. The molecule has 0 radical (unpaired) electrons. The van der Waals surface area contributed by atoms with E-state index in [4.69, 9.17) is 0 Å². The molecular formula is C17H16N2. The second-order valence-electron chi connectivity index (χ2n) is 4.57. The van der Waals surface area contributed by atoms with E-state index in [0.717, 1.165) is 12.1 Å². The van der Waals surface area contributed by atoms with Crippen molar-refractivity contribution in [3.8, 4) is 16.8 Å². The van der Waals surface area contributed by atoms with Gasteiger partial charge in [0.05, 0.1) is 6.33 Å². The van der Waals surface area contributed by atoms with E-state index in [2.05, 4.69) is 60.4 Å². The zero-order valence-corrected chi connectivity index (χ0v) is 11.0. The molecule has 0 aliphatic heterocycles. The first-order valence-corrected chi connectivity index (χ1v) is 6.54. The van der Waals surface area contributed by atoms with E-state index in [1.165, 1.54) is 16.7 Å². The van der Waals surface area contributed by atoms with Gasteiger partial charge in [0.1, 0.15) is 0 Å². The van der Waals surface area contributed by atoms with Crippen molar-refractivity contribution in [1.82, 2.24) is 9.55 Å². The third-order valence-corrected chi connectivity index (χ3v) is 3.34. The largest absolute Gasteiger partial charge is 0.306 e. The Hall–Kier alpha value is -2.35. The van der Waals surface area contributed by atoms with Crippen molar-refractivity contribution in [1.29, 1.82) is 0 Å². The van der Waals surface area contributed by atoms with Crippen molar-refractivity contribution >= 4 is 0 Å². The Morgan fingerprint density at radius 1 is 1.00 bits per heavy atom. The fraction of sp³-hybridized carbons (Fsp3) is 0.118. The monoisotopic (exact) mass is 248 g/mol. The first-order chi connectivity index (χ1) is 9.36. The van der Waals surface area contributed by atoms with Crippen molar-refractivity contribution in [3.63, 3.8) is 0 Å². The first kappa shape index (κ1) is 11.7. The van der Waals surface area contributed by atoms with Crippen LogP contribution in [0.2, 0.25) is 0 Å². The molecule has 0 aliphatic carbocycles. The maximum absolute atomic E-state index is 4.06. The molecule has 0 unspecified atom stereocenters. The smallest absolute Gasteiger partial charge is 0.0991 e. The highest BCUT2D eigenvalue weighted by Gasteiger charge is 2.00. The van der Waals surface area contributed by atoms with E-state index < -0.39 is 0 Å². The molecule has 0 saturated carbocycles. The van der Waals surface area contributed by atoms with E-state index in [1.807, 2.05) is 17.1 Å². The Balaban J connectivity index is 1.94. The van der Waals surface area contributed by atoms with E-state index in [9.17, 15) is 0 Å². The van der Waals surface area contributed by atoms with Crippen molar-refractivity contribution in [2.45, 2.75) is 13.3 Å². The normalized spacial score (nSPS) is 10.6. The lowest BCUT2D eigenvalue weighted by atomic mass is 10.0. The molecule has 94 valence electrons. The summed E-state index contributed by atoms with van der Waals surface area (Å²) in [5.41, 5.74) is 5.03. The van der Waals surface area contributed by atoms with E-state index in [1.54, 1.807) is 6.20 Å². The molecule has 3 rings (SSSR count). The van der Waals surface area contributed by atoms with Crippen molar-refractivity contribution in [3.05, 3.63) is 72.8 Å². The van der Waals surface area contributed by atoms with Gasteiger partial charge in [-0.05, 0) is 35.2 Å². The topological polar surface area (TPSA) is 17.8 Å². The van der Waals surface area contributed by atoms with Gasteiger partial charge in [0.15, 0.2) is 0 Å². The van der Waals surface area contributed by atoms with Crippen LogP contribution in [0.15, 0.2) is 67.3 Å². The fourth-order valence-electron chi connectivity index (χ4n) is 2.21. The van der Waals surface area contributed by atoms with Crippen LogP contribution in [0, 0.1) is 0 Å². The molecule has 0 bridgehead atoms. The summed E-state index contributed by atoms with van der Waals surface area (Å²) in [6.07, 6.45) is 6.62. The van der Waals surface area contributed by atoms with E-state index >= 15 is 0 Å². The molecule has 0 fully saturated rings. The fourth-order valence-corrected chi connectivity index (χ4v) is 2.21. The summed E-state index contributed by atoms with van der Waals surface area (Å²) in [7, 11) is 0. The summed E-state index contributed by atoms with van der Waals surface area (Å²) >= 11 is 0. The van der Waals surface area contributed by atoms with Gasteiger partial charge >= 0.3 is 0 Å². The van der Waals surface area contributed by atoms with Crippen LogP contribution in [-0.2, 0) is 6.42 Å². The Kier molecular flexibility index (Phi) is 3.15. The summed E-state index contributed by atoms with van der Waals surface area (Å²) in [6, 6.07) is 17.3. The number of rotatable bonds is 3. The van der Waals surface area contributed by atoms with Crippen LogP contribution in [-0.4, -0.2) is 9.55 Å². The lowest BCUT2D eigenvalue weighted by Gasteiger charge is -2.06. The molecule has 3 aromatic rings. The predicted molar refractivity (Wildman–Crippen MR) is 78.4 cm³/mol. The quantitative estimate of drug-likeness (QED) is 0.682. The number of hydrogen-bond donors (Lipinski definition) is 0. The third kappa shape index (κ3) is 2.43. The summed E-state index contributed by atoms with van der Waals surface area (Å²) in [5.74, 6) is 0. The number of aryl methyl sites for hydroxylation is 1. The number of aromatic nitrogens is 2. The second-order valence-corrected chi connectivity index (χ2v) is 4.57. The van der Waals surface area contributed by atoms with Gasteiger partial charge in [-0.15, -0.1) is 0 Å². The standard InChI is InChI=1S/C17H16N2/c1-2-14-4-3-5-16(12-14)15-6-8-17(9-7-15)19-11-10-18-13-19/h3-13H,2H2,1H3. The van der Waals surface area contributed by atoms with E-state index in [0.29, 0.717) is 0 Å². The van der Waals surface area contributed by atoms with Crippen LogP contribution in [0.3, 0.4) is 0 Å². The predicted octanol–water partition coefficient (Wildman–Crippen LogP) is 4.10. The molecule has 1 heterocycles. The van der Waals surface area contributed by atoms with Crippen molar-refractivity contribution in [2.24, 2.45) is 0 Å². The molecule has 2 aromatic carbocycles. The van der Waals surface area contributed by atoms with Gasteiger partial charge in [0.25, 0.3) is 0 Å². The second kappa shape index (κ2) is 5.11. The lowest BCUT2D eigenvalue weighted by molar-refractivity contribution is 1.06. The van der Waals surface area contributed by atoms with Gasteiger partial charge < -0.3 is 4.57 Å². The number of imidazole rings is 1. The number of benzene rings is 2. The first-order valence-electron chi connectivity index (χ1n) is 6.54. The summed E-state index contributed by atoms with van der Waals surface area (Å²) in [5, 5.41) is 0. The van der Waals surface area contributed by atoms with Gasteiger partial charge in [-0.25, -0.2) is 4.98 Å². The summed E-state index contributed by atoms with van der Waals surface area (Å²) < 4.78 is 2.01. The molecule has 0 amide bonds.